The van der Waals surface area contributed by atoms with E-state index < -0.39 is 19.2 Å². The fourth-order valence-corrected chi connectivity index (χ4v) is 2.69. The predicted octanol–water partition coefficient (Wildman–Crippen LogP) is 2.89. The summed E-state index contributed by atoms with van der Waals surface area (Å²) >= 11 is 0. The number of aliphatic carboxylic acids is 1. The van der Waals surface area contributed by atoms with Crippen molar-refractivity contribution in [3.05, 3.63) is 35.9 Å². The Bertz CT molecular complexity index is 388. The first kappa shape index (κ1) is 13.8. The molecule has 2 atom stereocenters. The van der Waals surface area contributed by atoms with Gasteiger partial charge >= 0.3 is 19.2 Å². The van der Waals surface area contributed by atoms with E-state index in [1.807, 2.05) is 6.92 Å². The number of hydrogen-bond acceptors (Lipinski definition) is 2. The lowest BCUT2D eigenvalue weighted by atomic mass is 9.92. The molecule has 0 amide bonds. The molecule has 4 nitrogen and oxygen atoms in total. The number of rotatable bonds is 6. The lowest BCUT2D eigenvalue weighted by Gasteiger charge is -2.17. The standard InChI is InChI=1S/C12H15O4P/c1-2-3-9-12(11(13)14,17(15)16)10-7-5-4-6-8-10/h4-8H,2-3,9H2,1H3,(H-,13,14,15,16)/p+1. The summed E-state index contributed by atoms with van der Waals surface area (Å²) in [5, 5.41) is 7.66. The van der Waals surface area contributed by atoms with E-state index in [2.05, 4.69) is 0 Å². The van der Waals surface area contributed by atoms with E-state index in [1.165, 1.54) is 0 Å². The molecule has 92 valence electrons. The Kier molecular flexibility index (Phi) is 4.79. The summed E-state index contributed by atoms with van der Waals surface area (Å²) in [6, 6.07) is 8.29. The van der Waals surface area contributed by atoms with Crippen molar-refractivity contribution in [2.75, 3.05) is 0 Å². The van der Waals surface area contributed by atoms with Crippen molar-refractivity contribution in [2.24, 2.45) is 0 Å². The maximum absolute atomic E-state index is 11.5. The van der Waals surface area contributed by atoms with Gasteiger partial charge in [0.2, 0.25) is 0 Å². The van der Waals surface area contributed by atoms with Crippen LogP contribution < -0.4 is 0 Å². The molecule has 1 aromatic carbocycles. The van der Waals surface area contributed by atoms with Crippen molar-refractivity contribution < 1.29 is 19.4 Å². The van der Waals surface area contributed by atoms with Gasteiger partial charge in [-0.3, -0.25) is 0 Å². The van der Waals surface area contributed by atoms with Gasteiger partial charge in [0.25, 0.3) is 0 Å². The fraction of sp³-hybridized carbons (Fsp3) is 0.417. The highest BCUT2D eigenvalue weighted by Gasteiger charge is 2.57. The molecule has 5 heteroatoms. The zero-order valence-electron chi connectivity index (χ0n) is 9.67. The smallest absolute Gasteiger partial charge is 0.477 e. The van der Waals surface area contributed by atoms with Gasteiger partial charge in [-0.2, -0.15) is 4.89 Å². The van der Waals surface area contributed by atoms with E-state index in [-0.39, 0.29) is 6.42 Å². The third-order valence-electron chi connectivity index (χ3n) is 2.82. The molecule has 0 radical (unpaired) electrons. The van der Waals surface area contributed by atoms with Crippen LogP contribution in [0.4, 0.5) is 0 Å². The van der Waals surface area contributed by atoms with Crippen LogP contribution in [0.5, 0.6) is 0 Å². The summed E-state index contributed by atoms with van der Waals surface area (Å²) in [5.41, 5.74) is 0.393. The molecule has 0 heterocycles. The Morgan fingerprint density at radius 1 is 1.35 bits per heavy atom. The number of unbranched alkanes of at least 4 members (excludes halogenated alkanes) is 1. The molecule has 0 saturated heterocycles. The van der Waals surface area contributed by atoms with Crippen LogP contribution in [0.15, 0.2) is 30.3 Å². The average Bonchev–Trinajstić information content (AvgIpc) is 2.30. The molecule has 0 aliphatic heterocycles. The van der Waals surface area contributed by atoms with Crippen LogP contribution >= 0.6 is 8.03 Å². The Morgan fingerprint density at radius 3 is 2.35 bits per heavy atom. The number of hydrogen-bond donors (Lipinski definition) is 2. The van der Waals surface area contributed by atoms with Gasteiger partial charge in [-0.05, 0) is 11.0 Å². The SMILES string of the molecule is CCCCC(C(=O)O)(c1ccccc1)[P+](=O)O. The van der Waals surface area contributed by atoms with E-state index in [0.29, 0.717) is 12.0 Å². The quantitative estimate of drug-likeness (QED) is 0.766. The summed E-state index contributed by atoms with van der Waals surface area (Å²) in [5.74, 6) is -1.24. The van der Waals surface area contributed by atoms with Gasteiger partial charge in [0.15, 0.2) is 0 Å². The number of carbonyl (C=O) groups is 1. The Labute approximate surface area is 101 Å². The third-order valence-corrected chi connectivity index (χ3v) is 4.15. The average molecular weight is 255 g/mol. The maximum atomic E-state index is 11.5. The molecule has 2 N–H and O–H groups in total. The van der Waals surface area contributed by atoms with E-state index in [1.54, 1.807) is 30.3 Å². The first-order chi connectivity index (χ1) is 8.05. The van der Waals surface area contributed by atoms with Crippen molar-refractivity contribution in [3.8, 4) is 0 Å². The van der Waals surface area contributed by atoms with Crippen LogP contribution in [-0.2, 0) is 14.5 Å². The highest BCUT2D eigenvalue weighted by Crippen LogP contribution is 2.48. The molecule has 17 heavy (non-hydrogen) atoms. The zero-order valence-corrected chi connectivity index (χ0v) is 10.6. The van der Waals surface area contributed by atoms with Crippen molar-refractivity contribution in [3.63, 3.8) is 0 Å². The number of carboxylic acid groups (broad SMARTS) is 1. The molecule has 0 bridgehead atoms. The van der Waals surface area contributed by atoms with Crippen LogP contribution in [0.25, 0.3) is 0 Å². The van der Waals surface area contributed by atoms with Gasteiger partial charge in [-0.25, -0.2) is 4.79 Å². The Hall–Kier alpha value is -1.25. The lowest BCUT2D eigenvalue weighted by molar-refractivity contribution is -0.140. The van der Waals surface area contributed by atoms with Crippen molar-refractivity contribution >= 4 is 14.0 Å². The Morgan fingerprint density at radius 2 is 1.94 bits per heavy atom. The minimum absolute atomic E-state index is 0.175. The monoisotopic (exact) mass is 255 g/mol. The summed E-state index contributed by atoms with van der Waals surface area (Å²) in [6.07, 6.45) is 1.56. The largest absolute Gasteiger partial charge is 0.528 e. The summed E-state index contributed by atoms with van der Waals surface area (Å²) in [7, 11) is -2.83. The van der Waals surface area contributed by atoms with Crippen LogP contribution in [0, 0.1) is 0 Å². The van der Waals surface area contributed by atoms with Gasteiger partial charge in [-0.1, -0.05) is 43.7 Å². The molecule has 0 aliphatic rings. The molecule has 0 saturated carbocycles. The summed E-state index contributed by atoms with van der Waals surface area (Å²) < 4.78 is 11.5. The van der Waals surface area contributed by atoms with Crippen molar-refractivity contribution in [1.82, 2.24) is 0 Å². The van der Waals surface area contributed by atoms with Gasteiger partial charge < -0.3 is 5.11 Å². The fourth-order valence-electron chi connectivity index (χ4n) is 1.81. The van der Waals surface area contributed by atoms with Crippen LogP contribution in [-0.4, -0.2) is 16.0 Å². The second kappa shape index (κ2) is 5.89. The van der Waals surface area contributed by atoms with Crippen LogP contribution in [0.3, 0.4) is 0 Å². The first-order valence-corrected chi connectivity index (χ1v) is 6.72. The van der Waals surface area contributed by atoms with Gasteiger partial charge in [0.1, 0.15) is 0 Å². The molecule has 0 aliphatic carbocycles. The molecule has 1 rings (SSSR count). The van der Waals surface area contributed by atoms with E-state index in [0.717, 1.165) is 6.42 Å². The highest BCUT2D eigenvalue weighted by molar-refractivity contribution is 7.41. The number of carboxylic acids is 1. The van der Waals surface area contributed by atoms with Gasteiger partial charge in [0, 0.05) is 12.0 Å². The van der Waals surface area contributed by atoms with Gasteiger partial charge in [0.05, 0.1) is 0 Å². The van der Waals surface area contributed by atoms with Crippen molar-refractivity contribution in [2.45, 2.75) is 31.3 Å². The molecular formula is C12H16O4P+. The topological polar surface area (TPSA) is 74.6 Å². The number of benzene rings is 1. The van der Waals surface area contributed by atoms with Crippen molar-refractivity contribution in [1.29, 1.82) is 0 Å². The normalized spacial score (nSPS) is 15.1. The van der Waals surface area contributed by atoms with Crippen LogP contribution in [0.2, 0.25) is 0 Å². The minimum Gasteiger partial charge on any atom is -0.477 e. The maximum Gasteiger partial charge on any atom is 0.528 e. The lowest BCUT2D eigenvalue weighted by Crippen LogP contribution is -2.32. The molecule has 2 unspecified atom stereocenters. The van der Waals surface area contributed by atoms with Gasteiger partial charge in [-0.15, -0.1) is 0 Å². The Balaban J connectivity index is 3.25. The first-order valence-electron chi connectivity index (χ1n) is 5.51. The molecule has 0 fully saturated rings. The minimum atomic E-state index is -2.83. The highest BCUT2D eigenvalue weighted by atomic mass is 31.1. The molecule has 1 aromatic rings. The summed E-state index contributed by atoms with van der Waals surface area (Å²) in [4.78, 5) is 20.9. The molecular weight excluding hydrogens is 239 g/mol. The third kappa shape index (κ3) is 2.71. The summed E-state index contributed by atoms with van der Waals surface area (Å²) in [6.45, 7) is 1.92. The second-order valence-corrected chi connectivity index (χ2v) is 5.22. The second-order valence-electron chi connectivity index (χ2n) is 3.91. The molecule has 0 aromatic heterocycles. The van der Waals surface area contributed by atoms with E-state index in [4.69, 9.17) is 0 Å². The zero-order chi connectivity index (χ0) is 12.9. The molecule has 0 spiro atoms. The van der Waals surface area contributed by atoms with E-state index in [9.17, 15) is 19.4 Å². The van der Waals surface area contributed by atoms with Crippen LogP contribution in [0.1, 0.15) is 31.7 Å². The van der Waals surface area contributed by atoms with E-state index >= 15 is 0 Å². The predicted molar refractivity (Wildman–Crippen MR) is 65.1 cm³/mol.